The van der Waals surface area contributed by atoms with E-state index in [9.17, 15) is 14.7 Å². The molecule has 0 aromatic carbocycles. The van der Waals surface area contributed by atoms with Gasteiger partial charge in [-0.1, -0.05) is 26.7 Å². The summed E-state index contributed by atoms with van der Waals surface area (Å²) in [7, 11) is 0. The first-order chi connectivity index (χ1) is 9.46. The molecule has 0 aromatic heterocycles. The van der Waals surface area contributed by atoms with E-state index in [1.54, 1.807) is 0 Å². The highest BCUT2D eigenvalue weighted by molar-refractivity contribution is 5.81. The summed E-state index contributed by atoms with van der Waals surface area (Å²) < 4.78 is 0. The SMILES string of the molecule is CCCCCNC(=O)C(C)N1CCC(CC)(C(=O)O)C1. The van der Waals surface area contributed by atoms with Crippen molar-refractivity contribution >= 4 is 11.9 Å². The van der Waals surface area contributed by atoms with E-state index in [4.69, 9.17) is 0 Å². The Bertz CT molecular complexity index is 346. The maximum absolute atomic E-state index is 12.1. The topological polar surface area (TPSA) is 69.6 Å². The highest BCUT2D eigenvalue weighted by Gasteiger charge is 2.45. The van der Waals surface area contributed by atoms with Crippen molar-refractivity contribution in [3.05, 3.63) is 0 Å². The van der Waals surface area contributed by atoms with Crippen LogP contribution in [0.4, 0.5) is 0 Å². The lowest BCUT2D eigenvalue weighted by atomic mass is 9.84. The van der Waals surface area contributed by atoms with Gasteiger partial charge in [-0.3, -0.25) is 14.5 Å². The number of amides is 1. The first-order valence-corrected chi connectivity index (χ1v) is 7.72. The molecule has 1 fully saturated rings. The Morgan fingerprint density at radius 2 is 2.05 bits per heavy atom. The smallest absolute Gasteiger partial charge is 0.310 e. The molecule has 1 rings (SSSR count). The Labute approximate surface area is 121 Å². The van der Waals surface area contributed by atoms with Gasteiger partial charge in [-0.2, -0.15) is 0 Å². The van der Waals surface area contributed by atoms with Gasteiger partial charge in [0.25, 0.3) is 0 Å². The molecule has 0 spiro atoms. The molecule has 0 bridgehead atoms. The zero-order chi connectivity index (χ0) is 15.2. The minimum atomic E-state index is -0.738. The van der Waals surface area contributed by atoms with E-state index in [0.29, 0.717) is 32.5 Å². The Morgan fingerprint density at radius 3 is 2.55 bits per heavy atom. The van der Waals surface area contributed by atoms with Crippen LogP contribution in [0.1, 0.15) is 52.9 Å². The summed E-state index contributed by atoms with van der Waals surface area (Å²) in [6.45, 7) is 7.77. The van der Waals surface area contributed by atoms with Crippen LogP contribution in [0.3, 0.4) is 0 Å². The minimum absolute atomic E-state index is 0.0124. The van der Waals surface area contributed by atoms with Crippen molar-refractivity contribution in [1.29, 1.82) is 0 Å². The quantitative estimate of drug-likeness (QED) is 0.668. The van der Waals surface area contributed by atoms with Gasteiger partial charge in [-0.25, -0.2) is 0 Å². The number of carbonyl (C=O) groups is 2. The maximum Gasteiger partial charge on any atom is 0.310 e. The molecule has 1 amide bonds. The third kappa shape index (κ3) is 3.95. The third-order valence-corrected chi connectivity index (χ3v) is 4.52. The van der Waals surface area contributed by atoms with Crippen molar-refractivity contribution < 1.29 is 14.7 Å². The number of likely N-dealkylation sites (tertiary alicyclic amines) is 1. The molecular formula is C15H28N2O3. The molecule has 1 heterocycles. The number of carboxylic acids is 1. The molecule has 20 heavy (non-hydrogen) atoms. The van der Waals surface area contributed by atoms with Gasteiger partial charge in [-0.05, 0) is 26.2 Å². The molecule has 2 N–H and O–H groups in total. The van der Waals surface area contributed by atoms with E-state index in [-0.39, 0.29) is 11.9 Å². The molecule has 1 aliphatic rings. The van der Waals surface area contributed by atoms with E-state index in [2.05, 4.69) is 12.2 Å². The van der Waals surface area contributed by atoms with Crippen LogP contribution in [-0.4, -0.2) is 47.6 Å². The van der Waals surface area contributed by atoms with Crippen molar-refractivity contribution in [2.45, 2.75) is 58.9 Å². The lowest BCUT2D eigenvalue weighted by Crippen LogP contribution is -2.46. The lowest BCUT2D eigenvalue weighted by molar-refractivity contribution is -0.148. The number of unbranched alkanes of at least 4 members (excludes halogenated alkanes) is 2. The Kier molecular flexibility index (Phi) is 6.46. The van der Waals surface area contributed by atoms with Gasteiger partial charge >= 0.3 is 5.97 Å². The first kappa shape index (κ1) is 17.0. The fourth-order valence-corrected chi connectivity index (χ4v) is 2.75. The average molecular weight is 284 g/mol. The zero-order valence-electron chi connectivity index (χ0n) is 12.9. The van der Waals surface area contributed by atoms with Crippen LogP contribution in [0.5, 0.6) is 0 Å². The van der Waals surface area contributed by atoms with E-state index >= 15 is 0 Å². The highest BCUT2D eigenvalue weighted by atomic mass is 16.4. The summed E-state index contributed by atoms with van der Waals surface area (Å²) in [5.74, 6) is -0.726. The maximum atomic E-state index is 12.1. The molecule has 0 radical (unpaired) electrons. The Morgan fingerprint density at radius 1 is 1.35 bits per heavy atom. The van der Waals surface area contributed by atoms with Gasteiger partial charge in [-0.15, -0.1) is 0 Å². The number of nitrogens with one attached hydrogen (secondary N) is 1. The molecule has 0 aliphatic carbocycles. The molecule has 2 unspecified atom stereocenters. The van der Waals surface area contributed by atoms with Crippen molar-refractivity contribution in [2.75, 3.05) is 19.6 Å². The van der Waals surface area contributed by atoms with Crippen molar-refractivity contribution in [3.63, 3.8) is 0 Å². The van der Waals surface area contributed by atoms with Crippen LogP contribution in [0.2, 0.25) is 0 Å². The molecule has 1 aliphatic heterocycles. The molecule has 0 aromatic rings. The first-order valence-electron chi connectivity index (χ1n) is 7.72. The number of carbonyl (C=O) groups excluding carboxylic acids is 1. The van der Waals surface area contributed by atoms with E-state index < -0.39 is 11.4 Å². The monoisotopic (exact) mass is 284 g/mol. The van der Waals surface area contributed by atoms with Gasteiger partial charge in [0, 0.05) is 19.6 Å². The zero-order valence-corrected chi connectivity index (χ0v) is 12.9. The van der Waals surface area contributed by atoms with Gasteiger partial charge in [0.2, 0.25) is 5.91 Å². The molecular weight excluding hydrogens is 256 g/mol. The van der Waals surface area contributed by atoms with Crippen LogP contribution < -0.4 is 5.32 Å². The number of hydrogen-bond donors (Lipinski definition) is 2. The van der Waals surface area contributed by atoms with Gasteiger partial charge in [0.15, 0.2) is 0 Å². The van der Waals surface area contributed by atoms with Gasteiger partial charge in [0.1, 0.15) is 0 Å². The van der Waals surface area contributed by atoms with Crippen molar-refractivity contribution in [2.24, 2.45) is 5.41 Å². The fourth-order valence-electron chi connectivity index (χ4n) is 2.75. The Hall–Kier alpha value is -1.10. The fraction of sp³-hybridized carbons (Fsp3) is 0.867. The van der Waals surface area contributed by atoms with E-state index in [1.807, 2.05) is 18.7 Å². The van der Waals surface area contributed by atoms with Crippen molar-refractivity contribution in [1.82, 2.24) is 10.2 Å². The largest absolute Gasteiger partial charge is 0.481 e. The summed E-state index contributed by atoms with van der Waals surface area (Å²) in [5, 5.41) is 12.3. The second kappa shape index (κ2) is 7.62. The molecule has 116 valence electrons. The minimum Gasteiger partial charge on any atom is -0.481 e. The molecule has 0 saturated carbocycles. The van der Waals surface area contributed by atoms with Crippen molar-refractivity contribution in [3.8, 4) is 0 Å². The summed E-state index contributed by atoms with van der Waals surface area (Å²) in [6.07, 6.45) is 4.50. The molecule has 5 nitrogen and oxygen atoms in total. The lowest BCUT2D eigenvalue weighted by Gasteiger charge is -2.26. The van der Waals surface area contributed by atoms with Gasteiger partial charge < -0.3 is 10.4 Å². The van der Waals surface area contributed by atoms with Crippen LogP contribution in [-0.2, 0) is 9.59 Å². The number of carboxylic acid groups (broad SMARTS) is 1. The van der Waals surface area contributed by atoms with E-state index in [0.717, 1.165) is 19.3 Å². The molecule has 5 heteroatoms. The molecule has 1 saturated heterocycles. The predicted molar refractivity (Wildman–Crippen MR) is 78.5 cm³/mol. The van der Waals surface area contributed by atoms with E-state index in [1.165, 1.54) is 0 Å². The van der Waals surface area contributed by atoms with Crippen LogP contribution in [0, 0.1) is 5.41 Å². The summed E-state index contributed by atoms with van der Waals surface area (Å²) in [4.78, 5) is 25.5. The van der Waals surface area contributed by atoms with Crippen LogP contribution in [0.25, 0.3) is 0 Å². The summed E-state index contributed by atoms with van der Waals surface area (Å²) >= 11 is 0. The predicted octanol–water partition coefficient (Wildman–Crippen LogP) is 1.87. The van der Waals surface area contributed by atoms with Crippen LogP contribution in [0.15, 0.2) is 0 Å². The summed E-state index contributed by atoms with van der Waals surface area (Å²) in [5.41, 5.74) is -0.670. The van der Waals surface area contributed by atoms with Crippen LogP contribution >= 0.6 is 0 Å². The number of nitrogens with zero attached hydrogens (tertiary/aromatic N) is 1. The third-order valence-electron chi connectivity index (χ3n) is 4.52. The highest BCUT2D eigenvalue weighted by Crippen LogP contribution is 2.35. The molecule has 2 atom stereocenters. The Balaban J connectivity index is 2.46. The summed E-state index contributed by atoms with van der Waals surface area (Å²) in [6, 6.07) is -0.246. The number of hydrogen-bond acceptors (Lipinski definition) is 3. The second-order valence-electron chi connectivity index (χ2n) is 5.83. The number of aliphatic carboxylic acids is 1. The normalized spacial score (nSPS) is 24.6. The second-order valence-corrected chi connectivity index (χ2v) is 5.83. The standard InChI is InChI=1S/C15H28N2O3/c1-4-6-7-9-16-13(18)12(3)17-10-8-15(5-2,11-17)14(19)20/h12H,4-11H2,1-3H3,(H,16,18)(H,19,20). The average Bonchev–Trinajstić information content (AvgIpc) is 2.88. The van der Waals surface area contributed by atoms with Gasteiger partial charge in [0.05, 0.1) is 11.5 Å². The number of rotatable bonds is 8.